The first-order chi connectivity index (χ1) is 8.04. The van der Waals surface area contributed by atoms with Crippen molar-refractivity contribution in [3.05, 3.63) is 0 Å². The van der Waals surface area contributed by atoms with E-state index in [1.807, 2.05) is 6.92 Å². The van der Waals surface area contributed by atoms with Gasteiger partial charge in [0.05, 0.1) is 12.5 Å². The highest BCUT2D eigenvalue weighted by Crippen LogP contribution is 2.41. The molecule has 0 aromatic carbocycles. The van der Waals surface area contributed by atoms with E-state index in [4.69, 9.17) is 5.11 Å². The van der Waals surface area contributed by atoms with Crippen molar-refractivity contribution < 1.29 is 14.7 Å². The normalized spacial score (nSPS) is 31.8. The third kappa shape index (κ3) is 2.16. The summed E-state index contributed by atoms with van der Waals surface area (Å²) in [4.78, 5) is 26.7. The third-order valence-electron chi connectivity index (χ3n) is 4.22. The maximum absolute atomic E-state index is 11.9. The van der Waals surface area contributed by atoms with Crippen LogP contribution in [0.25, 0.3) is 0 Å². The van der Waals surface area contributed by atoms with E-state index >= 15 is 0 Å². The van der Waals surface area contributed by atoms with Gasteiger partial charge in [0, 0.05) is 25.7 Å². The van der Waals surface area contributed by atoms with Crippen molar-refractivity contribution in [1.82, 2.24) is 9.80 Å². The second-order valence-electron chi connectivity index (χ2n) is 5.06. The first-order valence-corrected chi connectivity index (χ1v) is 6.27. The van der Waals surface area contributed by atoms with Gasteiger partial charge in [-0.05, 0) is 26.2 Å². The molecular formula is C12H20N2O3. The van der Waals surface area contributed by atoms with Crippen molar-refractivity contribution >= 4 is 11.9 Å². The molecule has 2 fully saturated rings. The van der Waals surface area contributed by atoms with Gasteiger partial charge in [-0.25, -0.2) is 0 Å². The minimum atomic E-state index is -0.710. The monoisotopic (exact) mass is 240 g/mol. The summed E-state index contributed by atoms with van der Waals surface area (Å²) in [6.07, 6.45) is 2.67. The Morgan fingerprint density at radius 1 is 1.41 bits per heavy atom. The Kier molecular flexibility index (Phi) is 3.38. The number of likely N-dealkylation sites (N-methyl/N-ethyl adjacent to an activating group) is 1. The van der Waals surface area contributed by atoms with Gasteiger partial charge in [0.1, 0.15) is 0 Å². The van der Waals surface area contributed by atoms with Crippen LogP contribution in [0.5, 0.6) is 0 Å². The number of hydrogen-bond acceptors (Lipinski definition) is 3. The minimum absolute atomic E-state index is 0.0757. The van der Waals surface area contributed by atoms with Crippen molar-refractivity contribution in [2.24, 2.45) is 5.92 Å². The Balaban J connectivity index is 1.99. The van der Waals surface area contributed by atoms with Gasteiger partial charge in [0.15, 0.2) is 0 Å². The summed E-state index contributed by atoms with van der Waals surface area (Å²) < 4.78 is 0. The van der Waals surface area contributed by atoms with Crippen LogP contribution in [0, 0.1) is 5.92 Å². The van der Waals surface area contributed by atoms with Gasteiger partial charge in [-0.1, -0.05) is 0 Å². The number of amides is 1. The topological polar surface area (TPSA) is 60.9 Å². The van der Waals surface area contributed by atoms with Crippen molar-refractivity contribution in [2.45, 2.75) is 38.3 Å². The van der Waals surface area contributed by atoms with Crippen LogP contribution in [0.4, 0.5) is 0 Å². The average Bonchev–Trinajstić information content (AvgIpc) is 2.85. The van der Waals surface area contributed by atoms with E-state index < -0.39 is 5.97 Å². The lowest BCUT2D eigenvalue weighted by Crippen LogP contribution is -2.41. The van der Waals surface area contributed by atoms with E-state index in [9.17, 15) is 9.59 Å². The van der Waals surface area contributed by atoms with Crippen molar-refractivity contribution in [3.63, 3.8) is 0 Å². The zero-order chi connectivity index (χ0) is 12.6. The van der Waals surface area contributed by atoms with E-state index in [1.54, 1.807) is 11.9 Å². The van der Waals surface area contributed by atoms with E-state index in [0.29, 0.717) is 25.6 Å². The number of fused-ring (bicyclic) bond motifs is 2. The van der Waals surface area contributed by atoms with Crippen LogP contribution in [0.1, 0.15) is 26.2 Å². The molecule has 3 unspecified atom stereocenters. The van der Waals surface area contributed by atoms with Gasteiger partial charge in [0.25, 0.3) is 0 Å². The summed E-state index contributed by atoms with van der Waals surface area (Å²) in [6.45, 7) is 3.02. The SMILES string of the molecule is CCN(C)C(=O)CN1C2CCC1C(C(=O)O)C2. The van der Waals surface area contributed by atoms with E-state index in [2.05, 4.69) is 4.90 Å². The molecule has 2 rings (SSSR count). The summed E-state index contributed by atoms with van der Waals surface area (Å²) in [6, 6.07) is 0.377. The quantitative estimate of drug-likeness (QED) is 0.773. The summed E-state index contributed by atoms with van der Waals surface area (Å²) >= 11 is 0. The number of carboxylic acids is 1. The molecule has 0 aromatic heterocycles. The standard InChI is InChI=1S/C12H20N2O3/c1-3-13(2)11(15)7-14-8-4-5-10(14)9(6-8)12(16)17/h8-10H,3-7H2,1-2H3,(H,16,17). The molecule has 0 spiro atoms. The molecule has 17 heavy (non-hydrogen) atoms. The van der Waals surface area contributed by atoms with E-state index in [0.717, 1.165) is 12.8 Å². The van der Waals surface area contributed by atoms with Crippen LogP contribution in [-0.4, -0.2) is 59.0 Å². The molecule has 2 aliphatic rings. The van der Waals surface area contributed by atoms with Crippen LogP contribution in [0.2, 0.25) is 0 Å². The molecule has 5 nitrogen and oxygen atoms in total. The lowest BCUT2D eigenvalue weighted by Gasteiger charge is -2.24. The molecular weight excluding hydrogens is 220 g/mol. The maximum atomic E-state index is 11.9. The van der Waals surface area contributed by atoms with Crippen LogP contribution in [0.15, 0.2) is 0 Å². The Morgan fingerprint density at radius 3 is 2.65 bits per heavy atom. The molecule has 2 saturated heterocycles. The smallest absolute Gasteiger partial charge is 0.308 e. The van der Waals surface area contributed by atoms with Gasteiger partial charge in [-0.2, -0.15) is 0 Å². The maximum Gasteiger partial charge on any atom is 0.308 e. The zero-order valence-corrected chi connectivity index (χ0v) is 10.4. The molecule has 96 valence electrons. The molecule has 1 amide bonds. The predicted octanol–water partition coefficient (Wildman–Crippen LogP) is 0.402. The van der Waals surface area contributed by atoms with Crippen molar-refractivity contribution in [1.29, 1.82) is 0 Å². The van der Waals surface area contributed by atoms with Gasteiger partial charge in [0.2, 0.25) is 5.91 Å². The zero-order valence-electron chi connectivity index (χ0n) is 10.4. The number of carbonyl (C=O) groups is 2. The summed E-state index contributed by atoms with van der Waals surface area (Å²) in [5.41, 5.74) is 0. The fourth-order valence-corrected chi connectivity index (χ4v) is 3.07. The first kappa shape index (κ1) is 12.4. The van der Waals surface area contributed by atoms with Crippen LogP contribution >= 0.6 is 0 Å². The first-order valence-electron chi connectivity index (χ1n) is 6.27. The van der Waals surface area contributed by atoms with E-state index in [-0.39, 0.29) is 17.9 Å². The Hall–Kier alpha value is -1.10. The lowest BCUT2D eigenvalue weighted by molar-refractivity contribution is -0.143. The molecule has 2 aliphatic heterocycles. The van der Waals surface area contributed by atoms with Gasteiger partial charge in [-0.3, -0.25) is 14.5 Å². The van der Waals surface area contributed by atoms with Crippen LogP contribution < -0.4 is 0 Å². The Bertz CT molecular complexity index is 332. The minimum Gasteiger partial charge on any atom is -0.481 e. The van der Waals surface area contributed by atoms with Gasteiger partial charge < -0.3 is 10.0 Å². The number of nitrogens with zero attached hydrogens (tertiary/aromatic N) is 2. The Labute approximate surface area is 101 Å². The third-order valence-corrected chi connectivity index (χ3v) is 4.22. The lowest BCUT2D eigenvalue weighted by atomic mass is 9.89. The van der Waals surface area contributed by atoms with Crippen molar-refractivity contribution in [2.75, 3.05) is 20.1 Å². The number of carbonyl (C=O) groups excluding carboxylic acids is 1. The molecule has 0 aromatic rings. The van der Waals surface area contributed by atoms with Crippen molar-refractivity contribution in [3.8, 4) is 0 Å². The number of hydrogen-bond donors (Lipinski definition) is 1. The van der Waals surface area contributed by atoms with E-state index in [1.165, 1.54) is 0 Å². The predicted molar refractivity (Wildman–Crippen MR) is 62.6 cm³/mol. The average molecular weight is 240 g/mol. The fourth-order valence-electron chi connectivity index (χ4n) is 3.07. The highest BCUT2D eigenvalue weighted by atomic mass is 16.4. The number of carboxylic acid groups (broad SMARTS) is 1. The fraction of sp³-hybridized carbons (Fsp3) is 0.833. The summed E-state index contributed by atoms with van der Waals surface area (Å²) in [7, 11) is 1.79. The van der Waals surface area contributed by atoms with Crippen LogP contribution in [0.3, 0.4) is 0 Å². The summed E-state index contributed by atoms with van der Waals surface area (Å²) in [5.74, 6) is -0.887. The number of rotatable bonds is 4. The molecule has 2 heterocycles. The van der Waals surface area contributed by atoms with Crippen LogP contribution in [-0.2, 0) is 9.59 Å². The second-order valence-corrected chi connectivity index (χ2v) is 5.06. The molecule has 0 radical (unpaired) electrons. The number of aliphatic carboxylic acids is 1. The molecule has 3 atom stereocenters. The molecule has 1 N–H and O–H groups in total. The molecule has 0 aliphatic carbocycles. The molecule has 0 saturated carbocycles. The summed E-state index contributed by atoms with van der Waals surface area (Å²) in [5, 5.41) is 9.12. The second kappa shape index (κ2) is 4.64. The molecule has 2 bridgehead atoms. The van der Waals surface area contributed by atoms with Gasteiger partial charge >= 0.3 is 5.97 Å². The highest BCUT2D eigenvalue weighted by molar-refractivity contribution is 5.78. The Morgan fingerprint density at radius 2 is 2.12 bits per heavy atom. The largest absolute Gasteiger partial charge is 0.481 e. The molecule has 5 heteroatoms. The van der Waals surface area contributed by atoms with Gasteiger partial charge in [-0.15, -0.1) is 0 Å². The highest BCUT2D eigenvalue weighted by Gasteiger charge is 2.49.